The number of hydrogen-bond acceptors (Lipinski definition) is 5. The number of aromatic nitrogens is 1. The maximum Gasteiger partial charge on any atom is 0.263 e. The number of ether oxygens (including phenoxy) is 1. The van der Waals surface area contributed by atoms with Crippen LogP contribution in [0.5, 0.6) is 0 Å². The SMILES string of the molecule is COCCNC(=O)/C(C#N)=C\Nc1ccccn1. The molecule has 0 unspecified atom stereocenters. The largest absolute Gasteiger partial charge is 0.383 e. The highest BCUT2D eigenvalue weighted by atomic mass is 16.5. The molecular formula is C12H14N4O2. The van der Waals surface area contributed by atoms with Crippen molar-refractivity contribution in [3.63, 3.8) is 0 Å². The molecule has 6 heteroatoms. The van der Waals surface area contributed by atoms with Crippen LogP contribution in [0.1, 0.15) is 0 Å². The topological polar surface area (TPSA) is 87.0 Å². The van der Waals surface area contributed by atoms with Crippen LogP contribution in [0.3, 0.4) is 0 Å². The fourth-order valence-electron chi connectivity index (χ4n) is 1.10. The number of nitriles is 1. The number of nitrogens with zero attached hydrogens (tertiary/aromatic N) is 2. The third-order valence-electron chi connectivity index (χ3n) is 1.99. The molecule has 1 heterocycles. The Morgan fingerprint density at radius 2 is 2.44 bits per heavy atom. The van der Waals surface area contributed by atoms with E-state index in [0.29, 0.717) is 19.0 Å². The highest BCUT2D eigenvalue weighted by molar-refractivity contribution is 5.97. The normalized spacial score (nSPS) is 10.6. The van der Waals surface area contributed by atoms with Gasteiger partial charge in [0, 0.05) is 26.1 Å². The van der Waals surface area contributed by atoms with Crippen molar-refractivity contribution in [3.05, 3.63) is 36.2 Å². The van der Waals surface area contributed by atoms with Crippen LogP contribution in [0, 0.1) is 11.3 Å². The second-order valence-corrected chi connectivity index (χ2v) is 3.28. The molecule has 0 saturated carbocycles. The summed E-state index contributed by atoms with van der Waals surface area (Å²) in [6.07, 6.45) is 2.94. The first kappa shape index (κ1) is 13.7. The van der Waals surface area contributed by atoms with E-state index < -0.39 is 5.91 Å². The smallest absolute Gasteiger partial charge is 0.263 e. The van der Waals surface area contributed by atoms with E-state index in [9.17, 15) is 4.79 Å². The van der Waals surface area contributed by atoms with Gasteiger partial charge in [0.2, 0.25) is 0 Å². The predicted molar refractivity (Wildman–Crippen MR) is 66.4 cm³/mol. The van der Waals surface area contributed by atoms with E-state index in [4.69, 9.17) is 10.00 Å². The average Bonchev–Trinajstić information content (AvgIpc) is 2.41. The second-order valence-electron chi connectivity index (χ2n) is 3.28. The number of hydrogen-bond donors (Lipinski definition) is 2. The van der Waals surface area contributed by atoms with Gasteiger partial charge in [0.1, 0.15) is 17.5 Å². The molecular weight excluding hydrogens is 232 g/mol. The molecule has 2 N–H and O–H groups in total. The molecule has 0 aliphatic heterocycles. The van der Waals surface area contributed by atoms with Gasteiger partial charge in [-0.2, -0.15) is 5.26 Å². The summed E-state index contributed by atoms with van der Waals surface area (Å²) in [4.78, 5) is 15.6. The minimum atomic E-state index is -0.446. The number of pyridine rings is 1. The summed E-state index contributed by atoms with van der Waals surface area (Å²) < 4.78 is 4.79. The highest BCUT2D eigenvalue weighted by Gasteiger charge is 2.07. The summed E-state index contributed by atoms with van der Waals surface area (Å²) >= 11 is 0. The van der Waals surface area contributed by atoms with Crippen molar-refractivity contribution in [1.29, 1.82) is 5.26 Å². The van der Waals surface area contributed by atoms with Gasteiger partial charge < -0.3 is 15.4 Å². The molecule has 1 aromatic rings. The van der Waals surface area contributed by atoms with Crippen LogP contribution < -0.4 is 10.6 Å². The van der Waals surface area contributed by atoms with E-state index in [1.807, 2.05) is 6.07 Å². The summed E-state index contributed by atoms with van der Waals surface area (Å²) in [7, 11) is 1.54. The molecule has 0 aliphatic carbocycles. The number of anilines is 1. The maximum atomic E-state index is 11.6. The molecule has 1 amide bonds. The third kappa shape index (κ3) is 4.63. The zero-order valence-electron chi connectivity index (χ0n) is 10.0. The quantitative estimate of drug-likeness (QED) is 0.437. The fraction of sp³-hybridized carbons (Fsp3) is 0.250. The first-order chi connectivity index (χ1) is 8.77. The Bertz CT molecular complexity index is 451. The number of amides is 1. The number of nitrogens with one attached hydrogen (secondary N) is 2. The molecule has 1 aromatic heterocycles. The Labute approximate surface area is 105 Å². The molecule has 0 atom stereocenters. The van der Waals surface area contributed by atoms with Crippen molar-refractivity contribution < 1.29 is 9.53 Å². The van der Waals surface area contributed by atoms with E-state index in [1.54, 1.807) is 24.4 Å². The molecule has 0 saturated heterocycles. The Morgan fingerprint density at radius 1 is 1.61 bits per heavy atom. The lowest BCUT2D eigenvalue weighted by atomic mass is 10.3. The summed E-state index contributed by atoms with van der Waals surface area (Å²) in [5.74, 6) is 0.118. The molecule has 94 valence electrons. The zero-order valence-corrected chi connectivity index (χ0v) is 10.0. The highest BCUT2D eigenvalue weighted by Crippen LogP contribution is 2.01. The fourth-order valence-corrected chi connectivity index (χ4v) is 1.10. The lowest BCUT2D eigenvalue weighted by molar-refractivity contribution is -0.117. The van der Waals surface area contributed by atoms with Gasteiger partial charge >= 0.3 is 0 Å². The van der Waals surface area contributed by atoms with Crippen molar-refractivity contribution in [1.82, 2.24) is 10.3 Å². The van der Waals surface area contributed by atoms with Crippen molar-refractivity contribution in [2.45, 2.75) is 0 Å². The van der Waals surface area contributed by atoms with Crippen LogP contribution in [0.15, 0.2) is 36.2 Å². The van der Waals surface area contributed by atoms with E-state index in [-0.39, 0.29) is 5.57 Å². The molecule has 1 rings (SSSR count). The molecule has 0 fully saturated rings. The summed E-state index contributed by atoms with van der Waals surface area (Å²) in [6, 6.07) is 7.12. The Morgan fingerprint density at radius 3 is 3.06 bits per heavy atom. The Kier molecular flexibility index (Phi) is 5.94. The molecule has 0 radical (unpaired) electrons. The van der Waals surface area contributed by atoms with Crippen LogP contribution >= 0.6 is 0 Å². The van der Waals surface area contributed by atoms with Crippen LogP contribution in [0.4, 0.5) is 5.82 Å². The van der Waals surface area contributed by atoms with Gasteiger partial charge in [-0.15, -0.1) is 0 Å². The molecule has 0 spiro atoms. The van der Waals surface area contributed by atoms with Crippen LogP contribution in [-0.4, -0.2) is 31.2 Å². The van der Waals surface area contributed by atoms with E-state index >= 15 is 0 Å². The average molecular weight is 246 g/mol. The van der Waals surface area contributed by atoms with Crippen molar-refractivity contribution >= 4 is 11.7 Å². The van der Waals surface area contributed by atoms with Crippen LogP contribution in [0.2, 0.25) is 0 Å². The predicted octanol–water partition coefficient (Wildman–Crippen LogP) is 0.664. The minimum absolute atomic E-state index is 0.0169. The number of carbonyl (C=O) groups is 1. The molecule has 18 heavy (non-hydrogen) atoms. The number of rotatable bonds is 6. The van der Waals surface area contributed by atoms with Gasteiger partial charge in [0.25, 0.3) is 5.91 Å². The number of carbonyl (C=O) groups excluding carboxylic acids is 1. The monoisotopic (exact) mass is 246 g/mol. The first-order valence-electron chi connectivity index (χ1n) is 5.33. The lowest BCUT2D eigenvalue weighted by Gasteiger charge is -2.03. The van der Waals surface area contributed by atoms with Crippen LogP contribution in [-0.2, 0) is 9.53 Å². The Balaban J connectivity index is 2.55. The van der Waals surface area contributed by atoms with Crippen molar-refractivity contribution in [3.8, 4) is 6.07 Å². The maximum absolute atomic E-state index is 11.6. The van der Waals surface area contributed by atoms with Crippen molar-refractivity contribution in [2.24, 2.45) is 0 Å². The second kappa shape index (κ2) is 7.81. The minimum Gasteiger partial charge on any atom is -0.383 e. The third-order valence-corrected chi connectivity index (χ3v) is 1.99. The zero-order chi connectivity index (χ0) is 13.2. The van der Waals surface area contributed by atoms with Gasteiger partial charge in [0.15, 0.2) is 0 Å². The lowest BCUT2D eigenvalue weighted by Crippen LogP contribution is -2.28. The molecule has 0 aliphatic rings. The van der Waals surface area contributed by atoms with Gasteiger partial charge in [-0.3, -0.25) is 4.79 Å². The van der Waals surface area contributed by atoms with E-state index in [2.05, 4.69) is 15.6 Å². The molecule has 0 aromatic carbocycles. The summed E-state index contributed by atoms with van der Waals surface area (Å²) in [5, 5.41) is 14.2. The first-order valence-corrected chi connectivity index (χ1v) is 5.33. The van der Waals surface area contributed by atoms with Gasteiger partial charge in [-0.05, 0) is 12.1 Å². The molecule has 6 nitrogen and oxygen atoms in total. The van der Waals surface area contributed by atoms with Crippen molar-refractivity contribution in [2.75, 3.05) is 25.6 Å². The van der Waals surface area contributed by atoms with Crippen LogP contribution in [0.25, 0.3) is 0 Å². The summed E-state index contributed by atoms with van der Waals surface area (Å²) in [5.41, 5.74) is -0.0169. The van der Waals surface area contributed by atoms with Gasteiger partial charge in [-0.1, -0.05) is 6.07 Å². The van der Waals surface area contributed by atoms with Gasteiger partial charge in [-0.25, -0.2) is 4.98 Å². The van der Waals surface area contributed by atoms with E-state index in [0.717, 1.165) is 0 Å². The van der Waals surface area contributed by atoms with E-state index in [1.165, 1.54) is 13.3 Å². The molecule has 0 bridgehead atoms. The summed E-state index contributed by atoms with van der Waals surface area (Å²) in [6.45, 7) is 0.760. The Hall–Kier alpha value is -2.39. The standard InChI is InChI=1S/C12H14N4O2/c1-18-7-6-15-12(17)10(8-13)9-16-11-4-2-3-5-14-11/h2-5,9H,6-7H2,1H3,(H,14,16)(H,15,17)/b10-9-. The number of methoxy groups -OCH3 is 1. The van der Waals surface area contributed by atoms with Gasteiger partial charge in [0.05, 0.1) is 6.61 Å².